The number of fused-ring (bicyclic) bond motifs is 1. The molecule has 1 saturated carbocycles. The van der Waals surface area contributed by atoms with Gasteiger partial charge in [0, 0.05) is 24.2 Å². The Balaban J connectivity index is 1.59. The predicted octanol–water partition coefficient (Wildman–Crippen LogP) is 2.05. The van der Waals surface area contributed by atoms with Crippen molar-refractivity contribution in [3.05, 3.63) is 86.2 Å². The van der Waals surface area contributed by atoms with Gasteiger partial charge in [-0.05, 0) is 42.0 Å². The first-order chi connectivity index (χ1) is 14.0. The van der Waals surface area contributed by atoms with Gasteiger partial charge in [0.2, 0.25) is 0 Å². The molecule has 3 heterocycles. The zero-order chi connectivity index (χ0) is 20.1. The molecule has 0 unspecified atom stereocenters. The fraction of sp³-hybridized carbons (Fsp3) is 0.150. The van der Waals surface area contributed by atoms with Crippen molar-refractivity contribution in [2.75, 3.05) is 0 Å². The molecule has 9 heteroatoms. The zero-order valence-corrected chi connectivity index (χ0v) is 14.9. The van der Waals surface area contributed by atoms with Gasteiger partial charge >= 0.3 is 5.69 Å². The minimum absolute atomic E-state index is 0.0225. The van der Waals surface area contributed by atoms with Crippen LogP contribution in [0, 0.1) is 17.1 Å². The Morgan fingerprint density at radius 2 is 2.10 bits per heavy atom. The summed E-state index contributed by atoms with van der Waals surface area (Å²) in [6.45, 7) is 0. The Hall–Kier alpha value is -4.06. The highest BCUT2D eigenvalue weighted by Gasteiger charge is 2.41. The lowest BCUT2D eigenvalue weighted by molar-refractivity contribution is 0.623. The number of halogens is 1. The minimum Gasteiger partial charge on any atom is -0.313 e. The lowest BCUT2D eigenvalue weighted by Crippen LogP contribution is -2.23. The van der Waals surface area contributed by atoms with Crippen molar-refractivity contribution in [1.29, 1.82) is 5.26 Å². The molecule has 2 atom stereocenters. The number of imidazole rings is 1. The molecule has 0 bridgehead atoms. The lowest BCUT2D eigenvalue weighted by atomic mass is 10.0. The molecule has 0 saturated heterocycles. The SMILES string of the molecule is N#Cc1cc([C@H]2C[C@@H]2c2cc(-c3c[nH]c(=O)[nH]c3=O)nn3ccnc23)ccc1F. The van der Waals surface area contributed by atoms with Crippen molar-refractivity contribution in [3.8, 4) is 17.3 Å². The number of hydrogen-bond donors (Lipinski definition) is 2. The summed E-state index contributed by atoms with van der Waals surface area (Å²) in [6, 6.07) is 8.25. The maximum absolute atomic E-state index is 13.6. The largest absolute Gasteiger partial charge is 0.325 e. The van der Waals surface area contributed by atoms with E-state index < -0.39 is 17.1 Å². The number of benzene rings is 1. The molecule has 8 nitrogen and oxygen atoms in total. The van der Waals surface area contributed by atoms with E-state index in [0.717, 1.165) is 17.5 Å². The molecular weight excluding hydrogens is 375 g/mol. The number of H-pyrrole nitrogens is 2. The van der Waals surface area contributed by atoms with Crippen LogP contribution in [0.25, 0.3) is 16.9 Å². The third kappa shape index (κ3) is 2.82. The molecular formula is C20H13FN6O2. The van der Waals surface area contributed by atoms with Crippen LogP contribution in [-0.2, 0) is 0 Å². The zero-order valence-electron chi connectivity index (χ0n) is 14.9. The molecule has 1 fully saturated rings. The van der Waals surface area contributed by atoms with Crippen LogP contribution in [0.15, 0.2) is 52.4 Å². The third-order valence-corrected chi connectivity index (χ3v) is 5.21. The van der Waals surface area contributed by atoms with Crippen molar-refractivity contribution in [2.24, 2.45) is 0 Å². The van der Waals surface area contributed by atoms with Gasteiger partial charge in [0.05, 0.1) is 16.8 Å². The van der Waals surface area contributed by atoms with E-state index in [1.165, 1.54) is 12.3 Å². The second-order valence-corrected chi connectivity index (χ2v) is 6.97. The molecule has 3 aromatic heterocycles. The van der Waals surface area contributed by atoms with E-state index in [4.69, 9.17) is 5.26 Å². The summed E-state index contributed by atoms with van der Waals surface area (Å²) in [5, 5.41) is 13.5. The summed E-state index contributed by atoms with van der Waals surface area (Å²) in [6.07, 6.45) is 5.45. The normalized spacial score (nSPS) is 17.9. The maximum atomic E-state index is 13.6. The Kier molecular flexibility index (Phi) is 3.67. The van der Waals surface area contributed by atoms with Gasteiger partial charge in [-0.25, -0.2) is 18.7 Å². The van der Waals surface area contributed by atoms with Crippen LogP contribution in [0.4, 0.5) is 4.39 Å². The van der Waals surface area contributed by atoms with Crippen LogP contribution in [-0.4, -0.2) is 24.6 Å². The Bertz CT molecular complexity index is 1430. The van der Waals surface area contributed by atoms with Crippen molar-refractivity contribution >= 4 is 5.65 Å². The number of aromatic nitrogens is 5. The highest BCUT2D eigenvalue weighted by Crippen LogP contribution is 2.55. The summed E-state index contributed by atoms with van der Waals surface area (Å²) in [7, 11) is 0. The van der Waals surface area contributed by atoms with Gasteiger partial charge < -0.3 is 4.98 Å². The van der Waals surface area contributed by atoms with E-state index in [9.17, 15) is 14.0 Å². The summed E-state index contributed by atoms with van der Waals surface area (Å²) in [5.41, 5.74) is 2.01. The van der Waals surface area contributed by atoms with Crippen molar-refractivity contribution in [3.63, 3.8) is 0 Å². The molecule has 5 rings (SSSR count). The molecule has 1 aliphatic carbocycles. The average molecular weight is 388 g/mol. The number of nitrogens with one attached hydrogen (secondary N) is 2. The molecule has 0 amide bonds. The standard InChI is InChI=1S/C20H13FN6O2/c21-16-2-1-10(5-11(16)8-22)12-6-13(12)14-7-17(26-27-4-3-23-18(14)27)15-9-24-20(29)25-19(15)28/h1-5,7,9,12-13H,6H2,(H2,24,25,28,29)/t12-,13+/m1/s1. The Morgan fingerprint density at radius 3 is 2.90 bits per heavy atom. The predicted molar refractivity (Wildman–Crippen MR) is 101 cm³/mol. The fourth-order valence-electron chi connectivity index (χ4n) is 3.71. The Labute approximate surface area is 162 Å². The van der Waals surface area contributed by atoms with E-state index in [0.29, 0.717) is 11.3 Å². The second-order valence-electron chi connectivity index (χ2n) is 6.97. The van der Waals surface area contributed by atoms with Gasteiger partial charge in [-0.2, -0.15) is 10.4 Å². The molecule has 0 spiro atoms. The topological polar surface area (TPSA) is 120 Å². The molecule has 1 aliphatic rings. The van der Waals surface area contributed by atoms with E-state index in [2.05, 4.69) is 20.1 Å². The molecule has 1 aromatic carbocycles. The quantitative estimate of drug-likeness (QED) is 0.557. The van der Waals surface area contributed by atoms with Gasteiger partial charge in [-0.1, -0.05) is 6.07 Å². The maximum Gasteiger partial charge on any atom is 0.325 e. The average Bonchev–Trinajstić information content (AvgIpc) is 3.36. The van der Waals surface area contributed by atoms with Crippen LogP contribution in [0.2, 0.25) is 0 Å². The molecule has 0 aliphatic heterocycles. The lowest BCUT2D eigenvalue weighted by Gasteiger charge is -2.07. The van der Waals surface area contributed by atoms with Crippen LogP contribution in [0.5, 0.6) is 0 Å². The van der Waals surface area contributed by atoms with Crippen LogP contribution >= 0.6 is 0 Å². The molecule has 4 aromatic rings. The van der Waals surface area contributed by atoms with Gasteiger partial charge in [0.25, 0.3) is 5.56 Å². The van der Waals surface area contributed by atoms with E-state index in [-0.39, 0.29) is 23.0 Å². The van der Waals surface area contributed by atoms with E-state index in [1.807, 2.05) is 6.07 Å². The van der Waals surface area contributed by atoms with Crippen molar-refractivity contribution < 1.29 is 4.39 Å². The number of hydrogen-bond acceptors (Lipinski definition) is 5. The summed E-state index contributed by atoms with van der Waals surface area (Å²) in [4.78, 5) is 32.5. The van der Waals surface area contributed by atoms with Crippen LogP contribution < -0.4 is 11.2 Å². The number of nitrogens with zero attached hydrogens (tertiary/aromatic N) is 4. The van der Waals surface area contributed by atoms with Crippen LogP contribution in [0.1, 0.15) is 34.9 Å². The smallest absolute Gasteiger partial charge is 0.313 e. The monoisotopic (exact) mass is 388 g/mol. The molecule has 29 heavy (non-hydrogen) atoms. The molecule has 2 N–H and O–H groups in total. The van der Waals surface area contributed by atoms with Crippen molar-refractivity contribution in [1.82, 2.24) is 24.6 Å². The minimum atomic E-state index is -0.588. The first kappa shape index (κ1) is 17.1. The summed E-state index contributed by atoms with van der Waals surface area (Å²) in [5.74, 6) is -0.319. The molecule has 0 radical (unpaired) electrons. The van der Waals surface area contributed by atoms with Crippen LogP contribution in [0.3, 0.4) is 0 Å². The van der Waals surface area contributed by atoms with Gasteiger partial charge in [0.1, 0.15) is 11.9 Å². The second kappa shape index (κ2) is 6.24. The number of aromatic amines is 2. The fourth-order valence-corrected chi connectivity index (χ4v) is 3.71. The Morgan fingerprint density at radius 1 is 1.24 bits per heavy atom. The highest BCUT2D eigenvalue weighted by molar-refractivity contribution is 5.63. The first-order valence-electron chi connectivity index (χ1n) is 8.91. The third-order valence-electron chi connectivity index (χ3n) is 5.21. The summed E-state index contributed by atoms with van der Waals surface area (Å²) >= 11 is 0. The number of rotatable bonds is 3. The highest BCUT2D eigenvalue weighted by atomic mass is 19.1. The van der Waals surface area contributed by atoms with Crippen molar-refractivity contribution in [2.45, 2.75) is 18.3 Å². The van der Waals surface area contributed by atoms with Gasteiger partial charge in [-0.15, -0.1) is 0 Å². The van der Waals surface area contributed by atoms with Gasteiger partial charge in [-0.3, -0.25) is 9.78 Å². The number of nitriles is 1. The van der Waals surface area contributed by atoms with Gasteiger partial charge in [0.15, 0.2) is 5.65 Å². The summed E-state index contributed by atoms with van der Waals surface area (Å²) < 4.78 is 15.2. The first-order valence-corrected chi connectivity index (χ1v) is 8.91. The van der Waals surface area contributed by atoms with E-state index in [1.54, 1.807) is 35.1 Å². The van der Waals surface area contributed by atoms with E-state index >= 15 is 0 Å². The molecule has 142 valence electrons.